The molecule has 1 aliphatic carbocycles. The van der Waals surface area contributed by atoms with Gasteiger partial charge in [0.05, 0.1) is 5.71 Å². The van der Waals surface area contributed by atoms with E-state index in [1.165, 1.54) is 5.69 Å². The largest absolute Gasteiger partial charge is 0.382 e. The third kappa shape index (κ3) is 5.46. The summed E-state index contributed by atoms with van der Waals surface area (Å²) in [6, 6.07) is 17.7. The maximum absolute atomic E-state index is 12.8. The lowest BCUT2D eigenvalue weighted by atomic mass is 10.1. The average Bonchev–Trinajstić information content (AvgIpc) is 3.69. The average molecular weight is 435 g/mol. The van der Waals surface area contributed by atoms with E-state index in [2.05, 4.69) is 27.5 Å². The van der Waals surface area contributed by atoms with Crippen molar-refractivity contribution < 1.29 is 14.4 Å². The molecule has 1 heterocycles. The maximum Gasteiger partial charge on any atom is 0.266 e. The minimum Gasteiger partial charge on any atom is -0.382 e. The summed E-state index contributed by atoms with van der Waals surface area (Å²) in [7, 11) is 0. The second-order valence-corrected chi connectivity index (χ2v) is 8.41. The molecule has 1 atom stereocenters. The SMILES string of the molecule is C/C(=N\OC(C)C(=O)N1CCN(c2ccccc2)CC1)c1ccc(NC(=O)C2CC2)cc1. The van der Waals surface area contributed by atoms with Crippen LogP contribution in [-0.2, 0) is 14.4 Å². The summed E-state index contributed by atoms with van der Waals surface area (Å²) in [5.74, 6) is 0.211. The van der Waals surface area contributed by atoms with E-state index in [-0.39, 0.29) is 17.7 Å². The Morgan fingerprint density at radius 2 is 1.66 bits per heavy atom. The van der Waals surface area contributed by atoms with Crippen molar-refractivity contribution in [3.63, 3.8) is 0 Å². The summed E-state index contributed by atoms with van der Waals surface area (Å²) in [6.07, 6.45) is 1.31. The van der Waals surface area contributed by atoms with Crippen molar-refractivity contribution in [3.8, 4) is 0 Å². The van der Waals surface area contributed by atoms with Crippen LogP contribution in [0.3, 0.4) is 0 Å². The Bertz CT molecular complexity index is 962. The van der Waals surface area contributed by atoms with Gasteiger partial charge in [0.25, 0.3) is 5.91 Å². The number of amides is 2. The van der Waals surface area contributed by atoms with Gasteiger partial charge >= 0.3 is 0 Å². The first-order chi connectivity index (χ1) is 15.5. The Hall–Kier alpha value is -3.35. The van der Waals surface area contributed by atoms with Crippen LogP contribution in [-0.4, -0.2) is 54.7 Å². The quantitative estimate of drug-likeness (QED) is 0.535. The van der Waals surface area contributed by atoms with Crippen LogP contribution in [0.25, 0.3) is 0 Å². The summed E-state index contributed by atoms with van der Waals surface area (Å²) >= 11 is 0. The molecule has 2 aliphatic rings. The lowest BCUT2D eigenvalue weighted by Gasteiger charge is -2.36. The van der Waals surface area contributed by atoms with Crippen LogP contribution in [0.5, 0.6) is 0 Å². The zero-order valence-corrected chi connectivity index (χ0v) is 18.7. The fourth-order valence-corrected chi connectivity index (χ4v) is 3.72. The van der Waals surface area contributed by atoms with Gasteiger partial charge in [-0.1, -0.05) is 35.5 Å². The molecule has 2 aromatic rings. The molecule has 0 spiro atoms. The van der Waals surface area contributed by atoms with E-state index in [0.29, 0.717) is 18.8 Å². The van der Waals surface area contributed by atoms with E-state index in [0.717, 1.165) is 37.2 Å². The molecule has 0 bridgehead atoms. The van der Waals surface area contributed by atoms with Crippen molar-refractivity contribution in [2.45, 2.75) is 32.8 Å². The molecule has 32 heavy (non-hydrogen) atoms. The Labute approximate surface area is 189 Å². The van der Waals surface area contributed by atoms with E-state index in [1.807, 2.05) is 54.3 Å². The van der Waals surface area contributed by atoms with Gasteiger partial charge in [0, 0.05) is 43.5 Å². The molecular formula is C25H30N4O3. The fourth-order valence-electron chi connectivity index (χ4n) is 3.72. The van der Waals surface area contributed by atoms with Crippen LogP contribution in [0.1, 0.15) is 32.3 Å². The summed E-state index contributed by atoms with van der Waals surface area (Å²) in [6.45, 7) is 6.51. The molecule has 4 rings (SSSR count). The number of rotatable bonds is 7. The van der Waals surface area contributed by atoms with Gasteiger partial charge in [-0.25, -0.2) is 0 Å². The Morgan fingerprint density at radius 3 is 2.28 bits per heavy atom. The number of anilines is 2. The molecule has 1 aliphatic heterocycles. The third-order valence-corrected chi connectivity index (χ3v) is 5.93. The number of nitrogens with one attached hydrogen (secondary N) is 1. The van der Waals surface area contributed by atoms with Gasteiger partial charge in [-0.2, -0.15) is 0 Å². The van der Waals surface area contributed by atoms with Crippen molar-refractivity contribution in [1.82, 2.24) is 4.90 Å². The van der Waals surface area contributed by atoms with Gasteiger partial charge in [0.2, 0.25) is 12.0 Å². The number of benzene rings is 2. The smallest absolute Gasteiger partial charge is 0.266 e. The highest BCUT2D eigenvalue weighted by Gasteiger charge is 2.29. The predicted molar refractivity (Wildman–Crippen MR) is 126 cm³/mol. The molecule has 0 aromatic heterocycles. The molecule has 1 saturated carbocycles. The van der Waals surface area contributed by atoms with Crippen molar-refractivity contribution in [2.24, 2.45) is 11.1 Å². The molecule has 0 radical (unpaired) electrons. The molecule has 2 amide bonds. The van der Waals surface area contributed by atoms with Crippen LogP contribution in [0.4, 0.5) is 11.4 Å². The van der Waals surface area contributed by atoms with Gasteiger partial charge in [-0.05, 0) is 56.5 Å². The normalized spacial score (nSPS) is 17.6. The van der Waals surface area contributed by atoms with Crippen LogP contribution < -0.4 is 10.2 Å². The van der Waals surface area contributed by atoms with Crippen LogP contribution in [0, 0.1) is 5.92 Å². The first-order valence-corrected chi connectivity index (χ1v) is 11.2. The Kier molecular flexibility index (Phi) is 6.73. The molecule has 7 heteroatoms. The van der Waals surface area contributed by atoms with Gasteiger partial charge in [-0.3, -0.25) is 9.59 Å². The van der Waals surface area contributed by atoms with E-state index in [1.54, 1.807) is 6.92 Å². The number of piperazine rings is 1. The Balaban J connectivity index is 1.26. The van der Waals surface area contributed by atoms with E-state index in [4.69, 9.17) is 4.84 Å². The second kappa shape index (κ2) is 9.85. The van der Waals surface area contributed by atoms with E-state index >= 15 is 0 Å². The van der Waals surface area contributed by atoms with E-state index in [9.17, 15) is 9.59 Å². The summed E-state index contributed by atoms with van der Waals surface area (Å²) in [5.41, 5.74) is 3.52. The first kappa shape index (κ1) is 21.9. The molecule has 1 N–H and O–H groups in total. The minimum atomic E-state index is -0.648. The number of para-hydroxylation sites is 1. The molecule has 2 aromatic carbocycles. The minimum absolute atomic E-state index is 0.0487. The van der Waals surface area contributed by atoms with Gasteiger partial charge in [0.15, 0.2) is 0 Å². The number of hydrogen-bond donors (Lipinski definition) is 1. The molecule has 168 valence electrons. The van der Waals surface area contributed by atoms with Crippen LogP contribution >= 0.6 is 0 Å². The summed E-state index contributed by atoms with van der Waals surface area (Å²) in [4.78, 5) is 34.3. The summed E-state index contributed by atoms with van der Waals surface area (Å²) < 4.78 is 0. The highest BCUT2D eigenvalue weighted by atomic mass is 16.6. The number of nitrogens with zero attached hydrogens (tertiary/aromatic N) is 3. The van der Waals surface area contributed by atoms with Gasteiger partial charge in [-0.15, -0.1) is 0 Å². The number of hydrogen-bond acceptors (Lipinski definition) is 5. The lowest BCUT2D eigenvalue weighted by molar-refractivity contribution is -0.142. The fraction of sp³-hybridized carbons (Fsp3) is 0.400. The van der Waals surface area contributed by atoms with Gasteiger partial charge in [0.1, 0.15) is 0 Å². The standard InChI is InChI=1S/C25H30N4O3/c1-18(20-10-12-22(13-11-20)26-24(30)21-8-9-21)27-32-19(2)25(31)29-16-14-28(15-17-29)23-6-4-3-5-7-23/h3-7,10-13,19,21H,8-9,14-17H2,1-2H3,(H,26,30)/b27-18+. The van der Waals surface area contributed by atoms with Crippen molar-refractivity contribution in [2.75, 3.05) is 36.4 Å². The van der Waals surface area contributed by atoms with E-state index < -0.39 is 6.10 Å². The molecular weight excluding hydrogens is 404 g/mol. The molecule has 7 nitrogen and oxygen atoms in total. The number of carbonyl (C=O) groups excluding carboxylic acids is 2. The maximum atomic E-state index is 12.8. The number of carbonyl (C=O) groups is 2. The first-order valence-electron chi connectivity index (χ1n) is 11.2. The zero-order valence-electron chi connectivity index (χ0n) is 18.7. The lowest BCUT2D eigenvalue weighted by Crippen LogP contribution is -2.51. The van der Waals surface area contributed by atoms with Crippen molar-refractivity contribution in [1.29, 1.82) is 0 Å². The monoisotopic (exact) mass is 434 g/mol. The Morgan fingerprint density at radius 1 is 1.00 bits per heavy atom. The molecule has 1 unspecified atom stereocenters. The van der Waals surface area contributed by atoms with Gasteiger partial charge < -0.3 is 20.0 Å². The van der Waals surface area contributed by atoms with Crippen molar-refractivity contribution >= 4 is 28.9 Å². The zero-order chi connectivity index (χ0) is 22.5. The molecule has 1 saturated heterocycles. The van der Waals surface area contributed by atoms with Crippen molar-refractivity contribution in [3.05, 3.63) is 60.2 Å². The highest BCUT2D eigenvalue weighted by Crippen LogP contribution is 2.30. The van der Waals surface area contributed by atoms with Crippen LogP contribution in [0.15, 0.2) is 59.8 Å². The summed E-state index contributed by atoms with van der Waals surface area (Å²) in [5, 5.41) is 7.09. The topological polar surface area (TPSA) is 74.2 Å². The highest BCUT2D eigenvalue weighted by molar-refractivity contribution is 5.99. The third-order valence-electron chi connectivity index (χ3n) is 5.93. The molecule has 2 fully saturated rings. The predicted octanol–water partition coefficient (Wildman–Crippen LogP) is 3.51. The second-order valence-electron chi connectivity index (χ2n) is 8.41. The number of oxime groups is 1. The van der Waals surface area contributed by atoms with Crippen LogP contribution in [0.2, 0.25) is 0 Å².